The molecule has 2 saturated heterocycles. The molecule has 3 fully saturated rings. The van der Waals surface area contributed by atoms with E-state index in [9.17, 15) is 18.0 Å². The average Bonchev–Trinajstić information content (AvgIpc) is 3.46. The van der Waals surface area contributed by atoms with E-state index in [0.717, 1.165) is 30.4 Å². The van der Waals surface area contributed by atoms with Crippen LogP contribution in [0.5, 0.6) is 0 Å². The monoisotopic (exact) mass is 753 g/mol. The van der Waals surface area contributed by atoms with E-state index < -0.39 is 21.9 Å². The summed E-state index contributed by atoms with van der Waals surface area (Å²) in [6, 6.07) is 8.47. The minimum atomic E-state index is -3.83. The van der Waals surface area contributed by atoms with E-state index >= 15 is 8.78 Å². The van der Waals surface area contributed by atoms with Crippen LogP contribution < -0.4 is 26.6 Å². The second-order valence-electron chi connectivity index (χ2n) is 14.7. The molecule has 51 heavy (non-hydrogen) atoms. The summed E-state index contributed by atoms with van der Waals surface area (Å²) in [4.78, 5) is 32.7. The Morgan fingerprint density at radius 1 is 1.04 bits per heavy atom. The number of alkyl halides is 2. The first kappa shape index (κ1) is 39.3. The van der Waals surface area contributed by atoms with Crippen LogP contribution in [-0.4, -0.2) is 113 Å². The summed E-state index contributed by atoms with van der Waals surface area (Å²) in [5.41, 5.74) is 11.9. The summed E-state index contributed by atoms with van der Waals surface area (Å²) in [6.07, 6.45) is 3.23. The minimum Gasteiger partial charge on any atom is -0.356 e. The van der Waals surface area contributed by atoms with Gasteiger partial charge in [0.1, 0.15) is 11.0 Å². The Morgan fingerprint density at radius 3 is 2.29 bits per heavy atom. The third kappa shape index (κ3) is 9.54. The van der Waals surface area contributed by atoms with Crippen molar-refractivity contribution in [2.75, 3.05) is 82.8 Å². The molecule has 282 valence electrons. The van der Waals surface area contributed by atoms with E-state index in [1.807, 2.05) is 0 Å². The highest BCUT2D eigenvalue weighted by molar-refractivity contribution is 7.89. The van der Waals surface area contributed by atoms with Crippen LogP contribution in [0.15, 0.2) is 41.3 Å². The lowest BCUT2D eigenvalue weighted by molar-refractivity contribution is -0.890. The molecular formula is C35H52ClF2N8O4S+. The number of benzene rings is 1. The van der Waals surface area contributed by atoms with Crippen molar-refractivity contribution in [1.29, 1.82) is 0 Å². The van der Waals surface area contributed by atoms with Gasteiger partial charge in [-0.05, 0) is 68.6 Å². The number of carbonyl (C=O) groups excluding carboxylic acids is 2. The SMILES string of the molecule is C[N+](C)(CCCN)CCCNC(=O)C1CCC(C(F)(F)c2cc(Cl)nc(N3CCN(S(=O)(=O)c4ccc(N5C[C@H](N)CC5=O)cc4)CC3)c2)CC1. The molecule has 3 heterocycles. The Morgan fingerprint density at radius 2 is 1.69 bits per heavy atom. The number of hydrogen-bond donors (Lipinski definition) is 3. The van der Waals surface area contributed by atoms with Gasteiger partial charge in [-0.3, -0.25) is 9.59 Å². The number of piperazine rings is 1. The van der Waals surface area contributed by atoms with Gasteiger partial charge < -0.3 is 31.1 Å². The molecule has 0 radical (unpaired) electrons. The van der Waals surface area contributed by atoms with Crippen LogP contribution in [0.3, 0.4) is 0 Å². The summed E-state index contributed by atoms with van der Waals surface area (Å²) in [7, 11) is 0.455. The topological polar surface area (TPSA) is 155 Å². The lowest BCUT2D eigenvalue weighted by atomic mass is 9.77. The van der Waals surface area contributed by atoms with Crippen molar-refractivity contribution in [3.05, 3.63) is 47.1 Å². The summed E-state index contributed by atoms with van der Waals surface area (Å²) >= 11 is 6.28. The lowest BCUT2D eigenvalue weighted by Gasteiger charge is -2.36. The molecule has 1 saturated carbocycles. The Balaban J connectivity index is 1.13. The van der Waals surface area contributed by atoms with Crippen LogP contribution in [0.4, 0.5) is 20.3 Å². The highest BCUT2D eigenvalue weighted by Gasteiger charge is 2.44. The van der Waals surface area contributed by atoms with E-state index in [2.05, 4.69) is 24.4 Å². The van der Waals surface area contributed by atoms with E-state index in [1.54, 1.807) is 21.9 Å². The van der Waals surface area contributed by atoms with Crippen LogP contribution in [0, 0.1) is 11.8 Å². The zero-order valence-electron chi connectivity index (χ0n) is 29.6. The molecule has 12 nitrogen and oxygen atoms in total. The molecule has 1 atom stereocenters. The molecule has 2 aromatic rings. The Hall–Kier alpha value is -2.95. The molecular weight excluding hydrogens is 702 g/mol. The fourth-order valence-corrected chi connectivity index (χ4v) is 9.00. The van der Waals surface area contributed by atoms with Crippen LogP contribution in [0.1, 0.15) is 50.5 Å². The number of nitrogens with zero attached hydrogens (tertiary/aromatic N) is 5. The average molecular weight is 754 g/mol. The van der Waals surface area contributed by atoms with Crippen molar-refractivity contribution < 1.29 is 31.3 Å². The third-order valence-corrected chi connectivity index (χ3v) is 12.6. The van der Waals surface area contributed by atoms with Gasteiger partial charge in [-0.2, -0.15) is 4.31 Å². The van der Waals surface area contributed by atoms with E-state index in [1.165, 1.54) is 28.6 Å². The fourth-order valence-electron chi connectivity index (χ4n) is 7.37. The molecule has 16 heteroatoms. The molecule has 1 aromatic heterocycles. The Kier molecular flexibility index (Phi) is 12.6. The quantitative estimate of drug-likeness (QED) is 0.151. The van der Waals surface area contributed by atoms with Crippen molar-refractivity contribution in [2.24, 2.45) is 23.3 Å². The molecule has 3 aliphatic rings. The summed E-state index contributed by atoms with van der Waals surface area (Å²) < 4.78 is 61.0. The van der Waals surface area contributed by atoms with Gasteiger partial charge in [0.2, 0.25) is 21.8 Å². The van der Waals surface area contributed by atoms with Crippen LogP contribution in [0.25, 0.3) is 0 Å². The zero-order valence-corrected chi connectivity index (χ0v) is 31.1. The minimum absolute atomic E-state index is 0.0624. The smallest absolute Gasteiger partial charge is 0.276 e. The first-order chi connectivity index (χ1) is 24.1. The highest BCUT2D eigenvalue weighted by atomic mass is 35.5. The van der Waals surface area contributed by atoms with Gasteiger partial charge in [0.25, 0.3) is 5.92 Å². The Bertz CT molecular complexity index is 1630. The molecule has 1 aromatic carbocycles. The number of hydrogen-bond acceptors (Lipinski definition) is 8. The predicted molar refractivity (Wildman–Crippen MR) is 194 cm³/mol. The molecule has 0 spiro atoms. The van der Waals surface area contributed by atoms with Crippen molar-refractivity contribution in [3.63, 3.8) is 0 Å². The second kappa shape index (κ2) is 16.4. The van der Waals surface area contributed by atoms with Crippen LogP contribution in [0.2, 0.25) is 5.15 Å². The number of halogens is 3. The van der Waals surface area contributed by atoms with Gasteiger partial charge in [0.15, 0.2) is 0 Å². The molecule has 2 amide bonds. The zero-order chi connectivity index (χ0) is 37.0. The van der Waals surface area contributed by atoms with Crippen molar-refractivity contribution in [3.8, 4) is 0 Å². The Labute approximate surface area is 305 Å². The van der Waals surface area contributed by atoms with E-state index in [0.29, 0.717) is 38.2 Å². The number of rotatable bonds is 14. The van der Waals surface area contributed by atoms with Gasteiger partial charge >= 0.3 is 0 Å². The maximum Gasteiger partial charge on any atom is 0.276 e. The molecule has 0 unspecified atom stereocenters. The number of anilines is 2. The van der Waals surface area contributed by atoms with Crippen molar-refractivity contribution in [2.45, 2.75) is 61.8 Å². The molecule has 1 aliphatic carbocycles. The fraction of sp³-hybridized carbons (Fsp3) is 0.629. The predicted octanol–water partition coefficient (Wildman–Crippen LogP) is 3.14. The van der Waals surface area contributed by atoms with Crippen molar-refractivity contribution >= 4 is 44.9 Å². The summed E-state index contributed by atoms with van der Waals surface area (Å²) in [5, 5.41) is 2.94. The lowest BCUT2D eigenvalue weighted by Crippen LogP contribution is -2.49. The van der Waals surface area contributed by atoms with E-state index in [4.69, 9.17) is 23.1 Å². The number of nitrogens with one attached hydrogen (secondary N) is 1. The highest BCUT2D eigenvalue weighted by Crippen LogP contribution is 2.46. The normalized spacial score (nSPS) is 22.4. The molecule has 0 bridgehead atoms. The van der Waals surface area contributed by atoms with E-state index in [-0.39, 0.29) is 90.6 Å². The van der Waals surface area contributed by atoms with Gasteiger partial charge in [-0.15, -0.1) is 0 Å². The van der Waals surface area contributed by atoms with Crippen LogP contribution >= 0.6 is 11.6 Å². The van der Waals surface area contributed by atoms with Crippen LogP contribution in [-0.2, 0) is 25.5 Å². The van der Waals surface area contributed by atoms with Gasteiger partial charge in [-0.1, -0.05) is 11.6 Å². The summed E-state index contributed by atoms with van der Waals surface area (Å²) in [6.45, 7) is 4.21. The number of aromatic nitrogens is 1. The first-order valence-electron chi connectivity index (χ1n) is 17.9. The number of amides is 2. The maximum atomic E-state index is 16.0. The number of quaternary nitrogens is 1. The van der Waals surface area contributed by atoms with Gasteiger partial charge in [0.05, 0.1) is 32.1 Å². The van der Waals surface area contributed by atoms with Gasteiger partial charge in [0, 0.05) is 87.7 Å². The van der Waals surface area contributed by atoms with Crippen molar-refractivity contribution in [1.82, 2.24) is 14.6 Å². The second-order valence-corrected chi connectivity index (χ2v) is 17.1. The number of sulfonamides is 1. The summed E-state index contributed by atoms with van der Waals surface area (Å²) in [5.74, 6) is -4.31. The first-order valence-corrected chi connectivity index (χ1v) is 19.7. The number of carbonyl (C=O) groups is 2. The molecule has 5 N–H and O–H groups in total. The third-order valence-electron chi connectivity index (χ3n) is 10.5. The standard InChI is InChI=1S/C35H51ClF2N8O4S/c1-46(2,19-3-13-39)20-4-14-41-34(48)25-5-7-26(8-6-25)35(37,38)27-21-31(36)42-32(22-27)43-15-17-44(18-16-43)51(49,50)30-11-9-29(10-12-30)45-24-28(40)23-33(45)47/h9-12,21-22,25-26,28H,3-8,13-20,23-24,39-40H2,1-2H3/p+1/t25?,26?,28-/m1/s1. The number of nitrogens with two attached hydrogens (primary N) is 2. The maximum absolute atomic E-state index is 16.0. The van der Waals surface area contributed by atoms with Gasteiger partial charge in [-0.25, -0.2) is 22.2 Å². The largest absolute Gasteiger partial charge is 0.356 e. The molecule has 5 rings (SSSR count). The number of pyridine rings is 1. The molecule has 2 aliphatic heterocycles.